The molecule has 0 saturated carbocycles. The summed E-state index contributed by atoms with van der Waals surface area (Å²) in [6.07, 6.45) is 0.774. The Hall–Kier alpha value is -3.02. The number of hydrogen-bond donors (Lipinski definition) is 1. The van der Waals surface area contributed by atoms with E-state index in [4.69, 9.17) is 14.2 Å². The van der Waals surface area contributed by atoms with Crippen LogP contribution in [0.3, 0.4) is 0 Å². The van der Waals surface area contributed by atoms with E-state index in [1.54, 1.807) is 30.3 Å². The SMILES string of the molecule is O=C(COC(=O)c1ccccc1O)c1ccc2c(c1)OCCCO2. The van der Waals surface area contributed by atoms with Crippen molar-refractivity contribution in [2.75, 3.05) is 19.8 Å². The van der Waals surface area contributed by atoms with E-state index in [1.165, 1.54) is 12.1 Å². The normalized spacial score (nSPS) is 13.0. The summed E-state index contributed by atoms with van der Waals surface area (Å²) in [4.78, 5) is 24.1. The van der Waals surface area contributed by atoms with E-state index >= 15 is 0 Å². The minimum Gasteiger partial charge on any atom is -0.507 e. The van der Waals surface area contributed by atoms with Gasteiger partial charge in [-0.3, -0.25) is 4.79 Å². The number of phenols is 1. The number of esters is 1. The number of phenolic OH excluding ortho intramolecular Hbond substituents is 1. The number of carbonyl (C=O) groups excluding carboxylic acids is 2. The predicted octanol–water partition coefficient (Wildman–Crippen LogP) is 2.59. The van der Waals surface area contributed by atoms with E-state index in [2.05, 4.69) is 0 Å². The average Bonchev–Trinajstić information content (AvgIpc) is 2.84. The largest absolute Gasteiger partial charge is 0.507 e. The van der Waals surface area contributed by atoms with Crippen molar-refractivity contribution in [2.45, 2.75) is 6.42 Å². The Kier molecular flexibility index (Phi) is 4.65. The van der Waals surface area contributed by atoms with Gasteiger partial charge < -0.3 is 19.3 Å². The molecule has 2 aromatic rings. The van der Waals surface area contributed by atoms with Crippen LogP contribution in [0.5, 0.6) is 17.2 Å². The topological polar surface area (TPSA) is 82.1 Å². The highest BCUT2D eigenvalue weighted by Gasteiger charge is 2.17. The highest BCUT2D eigenvalue weighted by Crippen LogP contribution is 2.30. The van der Waals surface area contributed by atoms with Gasteiger partial charge in [0, 0.05) is 12.0 Å². The molecule has 124 valence electrons. The number of benzene rings is 2. The number of rotatable bonds is 4. The fraction of sp³-hybridized carbons (Fsp3) is 0.222. The molecule has 0 saturated heterocycles. The van der Waals surface area contributed by atoms with Crippen LogP contribution < -0.4 is 9.47 Å². The van der Waals surface area contributed by atoms with E-state index in [-0.39, 0.29) is 17.1 Å². The summed E-state index contributed by atoms with van der Waals surface area (Å²) in [5.74, 6) is -0.212. The first-order valence-electron chi connectivity index (χ1n) is 7.53. The van der Waals surface area contributed by atoms with E-state index in [0.717, 1.165) is 6.42 Å². The number of hydrogen-bond acceptors (Lipinski definition) is 6. The van der Waals surface area contributed by atoms with Crippen molar-refractivity contribution in [3.05, 3.63) is 53.6 Å². The third-order valence-electron chi connectivity index (χ3n) is 3.53. The highest BCUT2D eigenvalue weighted by atomic mass is 16.5. The molecule has 6 heteroatoms. The molecule has 0 aromatic heterocycles. The zero-order valence-corrected chi connectivity index (χ0v) is 12.9. The minimum absolute atomic E-state index is 0.0176. The maximum absolute atomic E-state index is 12.2. The lowest BCUT2D eigenvalue weighted by Crippen LogP contribution is -2.14. The predicted molar refractivity (Wildman–Crippen MR) is 84.8 cm³/mol. The van der Waals surface area contributed by atoms with E-state index in [0.29, 0.717) is 30.3 Å². The number of ketones is 1. The van der Waals surface area contributed by atoms with Crippen LogP contribution in [0.25, 0.3) is 0 Å². The molecule has 0 spiro atoms. The molecule has 1 aliphatic heterocycles. The molecule has 1 N–H and O–H groups in total. The number of Topliss-reactive ketones (excluding diaryl/α,β-unsaturated/α-hetero) is 1. The van der Waals surface area contributed by atoms with Crippen LogP contribution in [-0.2, 0) is 4.74 Å². The molecule has 1 aliphatic rings. The second-order valence-corrected chi connectivity index (χ2v) is 5.23. The fourth-order valence-electron chi connectivity index (χ4n) is 2.28. The van der Waals surface area contributed by atoms with Gasteiger partial charge in [-0.05, 0) is 30.3 Å². The second-order valence-electron chi connectivity index (χ2n) is 5.23. The Morgan fingerprint density at radius 1 is 1.04 bits per heavy atom. The third-order valence-corrected chi connectivity index (χ3v) is 3.53. The van der Waals surface area contributed by atoms with Gasteiger partial charge in [0.05, 0.1) is 13.2 Å². The van der Waals surface area contributed by atoms with E-state index in [1.807, 2.05) is 0 Å². The lowest BCUT2D eigenvalue weighted by atomic mass is 10.1. The fourth-order valence-corrected chi connectivity index (χ4v) is 2.28. The van der Waals surface area contributed by atoms with Crippen LogP contribution in [0.1, 0.15) is 27.1 Å². The van der Waals surface area contributed by atoms with Crippen molar-refractivity contribution in [3.8, 4) is 17.2 Å². The summed E-state index contributed by atoms with van der Waals surface area (Å²) in [7, 11) is 0. The second kappa shape index (κ2) is 7.04. The maximum atomic E-state index is 12.2. The summed E-state index contributed by atoms with van der Waals surface area (Å²) in [5, 5.41) is 9.61. The minimum atomic E-state index is -0.754. The van der Waals surface area contributed by atoms with Gasteiger partial charge in [0.1, 0.15) is 11.3 Å². The van der Waals surface area contributed by atoms with E-state index in [9.17, 15) is 14.7 Å². The van der Waals surface area contributed by atoms with Gasteiger partial charge in [0.15, 0.2) is 23.9 Å². The van der Waals surface area contributed by atoms with Gasteiger partial charge in [-0.15, -0.1) is 0 Å². The number of ether oxygens (including phenoxy) is 3. The van der Waals surface area contributed by atoms with E-state index < -0.39 is 12.6 Å². The molecule has 0 bridgehead atoms. The van der Waals surface area contributed by atoms with Crippen molar-refractivity contribution < 1.29 is 28.9 Å². The summed E-state index contributed by atoms with van der Waals surface area (Å²) in [6.45, 7) is 0.665. The Labute approximate surface area is 138 Å². The quantitative estimate of drug-likeness (QED) is 0.686. The number of para-hydroxylation sites is 1. The molecule has 1 heterocycles. The van der Waals surface area contributed by atoms with Gasteiger partial charge in [-0.2, -0.15) is 0 Å². The van der Waals surface area contributed by atoms with Crippen molar-refractivity contribution in [2.24, 2.45) is 0 Å². The molecule has 6 nitrogen and oxygen atoms in total. The molecule has 0 aliphatic carbocycles. The Balaban J connectivity index is 1.66. The van der Waals surface area contributed by atoms with Crippen LogP contribution in [0.15, 0.2) is 42.5 Å². The summed E-state index contributed by atoms with van der Waals surface area (Å²) < 4.78 is 16.0. The average molecular weight is 328 g/mol. The van der Waals surface area contributed by atoms with Crippen LogP contribution in [0.2, 0.25) is 0 Å². The zero-order chi connectivity index (χ0) is 16.9. The number of carbonyl (C=O) groups is 2. The van der Waals surface area contributed by atoms with Crippen molar-refractivity contribution in [1.29, 1.82) is 0 Å². The Morgan fingerprint density at radius 2 is 1.79 bits per heavy atom. The first kappa shape index (κ1) is 15.9. The monoisotopic (exact) mass is 328 g/mol. The molecule has 0 fully saturated rings. The number of fused-ring (bicyclic) bond motifs is 1. The van der Waals surface area contributed by atoms with Crippen LogP contribution in [0.4, 0.5) is 0 Å². The summed E-state index contributed by atoms with van der Waals surface area (Å²) >= 11 is 0. The maximum Gasteiger partial charge on any atom is 0.342 e. The molecular weight excluding hydrogens is 312 g/mol. The lowest BCUT2D eigenvalue weighted by Gasteiger charge is -2.09. The van der Waals surface area contributed by atoms with Crippen molar-refractivity contribution >= 4 is 11.8 Å². The van der Waals surface area contributed by atoms with Crippen molar-refractivity contribution in [1.82, 2.24) is 0 Å². The highest BCUT2D eigenvalue weighted by molar-refractivity contribution is 6.00. The molecule has 3 rings (SSSR count). The molecular formula is C18H16O6. The van der Waals surface area contributed by atoms with Gasteiger partial charge in [0.25, 0.3) is 0 Å². The molecule has 0 atom stereocenters. The zero-order valence-electron chi connectivity index (χ0n) is 12.9. The third kappa shape index (κ3) is 3.48. The van der Waals surface area contributed by atoms with Crippen molar-refractivity contribution in [3.63, 3.8) is 0 Å². The molecule has 0 radical (unpaired) electrons. The molecule has 24 heavy (non-hydrogen) atoms. The lowest BCUT2D eigenvalue weighted by molar-refractivity contribution is 0.0471. The van der Waals surface area contributed by atoms with Crippen LogP contribution in [0, 0.1) is 0 Å². The van der Waals surface area contributed by atoms with Gasteiger partial charge >= 0.3 is 5.97 Å². The van der Waals surface area contributed by atoms with Crippen LogP contribution >= 0.6 is 0 Å². The summed E-state index contributed by atoms with van der Waals surface area (Å²) in [6, 6.07) is 10.8. The van der Waals surface area contributed by atoms with Gasteiger partial charge in [-0.1, -0.05) is 12.1 Å². The molecule has 2 aromatic carbocycles. The van der Waals surface area contributed by atoms with Crippen LogP contribution in [-0.4, -0.2) is 36.7 Å². The molecule has 0 amide bonds. The smallest absolute Gasteiger partial charge is 0.342 e. The first-order chi connectivity index (χ1) is 11.6. The summed E-state index contributed by atoms with van der Waals surface area (Å²) in [5.41, 5.74) is 0.383. The van der Waals surface area contributed by atoms with Gasteiger partial charge in [-0.25, -0.2) is 4.79 Å². The Bertz CT molecular complexity index is 768. The molecule has 0 unspecified atom stereocenters. The standard InChI is InChI=1S/C18H16O6/c19-14-5-2-1-4-13(14)18(21)24-11-15(20)12-6-7-16-17(10-12)23-9-3-8-22-16/h1-2,4-7,10,19H,3,8-9,11H2. The first-order valence-corrected chi connectivity index (χ1v) is 7.53. The van der Waals surface area contributed by atoms with Gasteiger partial charge in [0.2, 0.25) is 0 Å². The number of aromatic hydroxyl groups is 1. The Morgan fingerprint density at radius 3 is 2.58 bits per heavy atom.